The molecule has 42 heavy (non-hydrogen) atoms. The molecule has 0 aliphatic heterocycles. The van der Waals surface area contributed by atoms with Crippen molar-refractivity contribution in [3.63, 3.8) is 0 Å². The van der Waals surface area contributed by atoms with Crippen molar-refractivity contribution in [3.05, 3.63) is 118 Å². The first kappa shape index (κ1) is 29.0. The second kappa shape index (κ2) is 11.8. The molecule has 1 unspecified atom stereocenters. The molecule has 2 atom stereocenters. The van der Waals surface area contributed by atoms with Crippen molar-refractivity contribution in [1.82, 2.24) is 14.9 Å². The minimum Gasteiger partial charge on any atom is -0.346 e. The largest absolute Gasteiger partial charge is 0.346 e. The fourth-order valence-corrected chi connectivity index (χ4v) is 5.79. The Kier molecular flexibility index (Phi) is 8.15. The van der Waals surface area contributed by atoms with Gasteiger partial charge in [0, 0.05) is 29.6 Å². The molecule has 4 aromatic rings. The third kappa shape index (κ3) is 6.37. The van der Waals surface area contributed by atoms with E-state index in [1.165, 1.54) is 41.1 Å². The van der Waals surface area contributed by atoms with E-state index in [4.69, 9.17) is 5.14 Å². The van der Waals surface area contributed by atoms with Crippen molar-refractivity contribution in [2.24, 2.45) is 5.14 Å². The van der Waals surface area contributed by atoms with Crippen LogP contribution in [-0.4, -0.2) is 30.0 Å². The van der Waals surface area contributed by atoms with Gasteiger partial charge in [0.2, 0.25) is 15.9 Å². The molecule has 2 aromatic heterocycles. The number of benzene rings is 2. The highest BCUT2D eigenvalue weighted by Gasteiger charge is 2.25. The van der Waals surface area contributed by atoms with Gasteiger partial charge < -0.3 is 5.32 Å². The number of sulfonamides is 1. The molecule has 1 amide bonds. The molecule has 1 aliphatic rings. The number of rotatable bonds is 8. The fourth-order valence-electron chi connectivity index (χ4n) is 5.23. The van der Waals surface area contributed by atoms with Crippen LogP contribution in [0.3, 0.4) is 0 Å². The molecular weight excluding hydrogens is 562 g/mol. The molecule has 0 saturated carbocycles. The number of carbonyl (C=O) groups excluding carboxylic acids is 1. The summed E-state index contributed by atoms with van der Waals surface area (Å²) in [7, 11) is -4.00. The number of amides is 1. The van der Waals surface area contributed by atoms with Crippen LogP contribution >= 0.6 is 0 Å². The van der Waals surface area contributed by atoms with Gasteiger partial charge in [0.05, 0.1) is 22.1 Å². The Morgan fingerprint density at radius 3 is 2.69 bits per heavy atom. The number of para-hydroxylation sites is 1. The Hall–Kier alpha value is -4.48. The van der Waals surface area contributed by atoms with Gasteiger partial charge in [0.15, 0.2) is 0 Å². The summed E-state index contributed by atoms with van der Waals surface area (Å²) in [6, 6.07) is 17.2. The summed E-state index contributed by atoms with van der Waals surface area (Å²) in [5.74, 6) is -1.23. The van der Waals surface area contributed by atoms with E-state index in [0.717, 1.165) is 17.0 Å². The average Bonchev–Trinajstić information content (AvgIpc) is 2.94. The monoisotopic (exact) mass is 590 g/mol. The Labute approximate surface area is 241 Å². The van der Waals surface area contributed by atoms with E-state index in [2.05, 4.69) is 10.3 Å². The number of nitrogens with two attached hydrogens (primary N) is 1. The van der Waals surface area contributed by atoms with Crippen LogP contribution in [0, 0.1) is 6.92 Å². The molecule has 2 heterocycles. The summed E-state index contributed by atoms with van der Waals surface area (Å²) in [6.07, 6.45) is 2.07. The maximum absolute atomic E-state index is 14.2. The highest BCUT2D eigenvalue weighted by Crippen LogP contribution is 2.34. The number of halogens is 2. The van der Waals surface area contributed by atoms with Gasteiger partial charge >= 0.3 is 0 Å². The molecule has 5 rings (SSSR count). The minimum atomic E-state index is -4.00. The Bertz CT molecular complexity index is 1920. The number of primary sulfonamides is 1. The zero-order valence-corrected chi connectivity index (χ0v) is 23.4. The summed E-state index contributed by atoms with van der Waals surface area (Å²) in [5.41, 5.74) is 2.76. The first-order valence-electron chi connectivity index (χ1n) is 13.2. The number of aromatic nitrogens is 2. The van der Waals surface area contributed by atoms with Crippen molar-refractivity contribution >= 4 is 26.8 Å². The number of hydrogen-bond donors (Lipinski definition) is 2. The normalized spacial score (nSPS) is 16.0. The number of alkyl halides is 1. The lowest BCUT2D eigenvalue weighted by Gasteiger charge is -2.24. The van der Waals surface area contributed by atoms with E-state index in [9.17, 15) is 26.8 Å². The summed E-state index contributed by atoms with van der Waals surface area (Å²) < 4.78 is 53.8. The average molecular weight is 591 g/mol. The van der Waals surface area contributed by atoms with E-state index < -0.39 is 34.0 Å². The van der Waals surface area contributed by atoms with Crippen LogP contribution in [0.2, 0.25) is 0 Å². The molecule has 0 spiro atoms. The van der Waals surface area contributed by atoms with Crippen LogP contribution < -0.4 is 16.0 Å². The van der Waals surface area contributed by atoms with Crippen LogP contribution in [0.5, 0.6) is 0 Å². The van der Waals surface area contributed by atoms with Crippen molar-refractivity contribution in [2.45, 2.75) is 43.4 Å². The Morgan fingerprint density at radius 1 is 1.14 bits per heavy atom. The second-order valence-electron chi connectivity index (χ2n) is 10.2. The maximum atomic E-state index is 14.2. The first-order valence-corrected chi connectivity index (χ1v) is 14.7. The molecule has 0 saturated heterocycles. The van der Waals surface area contributed by atoms with Crippen molar-refractivity contribution < 1.29 is 22.0 Å². The molecule has 2 aromatic carbocycles. The number of pyridine rings is 2. The predicted molar refractivity (Wildman–Crippen MR) is 156 cm³/mol. The number of fused-ring (bicyclic) bond motifs is 1. The quantitative estimate of drug-likeness (QED) is 0.306. The number of nitrogens with one attached hydrogen (secondary N) is 1. The number of aryl methyl sites for hydroxylation is 1. The number of carbonyl (C=O) groups is 1. The first-order chi connectivity index (χ1) is 20.0. The Morgan fingerprint density at radius 2 is 1.93 bits per heavy atom. The van der Waals surface area contributed by atoms with E-state index in [-0.39, 0.29) is 29.8 Å². The molecule has 11 heteroatoms. The smallest absolute Gasteiger partial charge is 0.251 e. The van der Waals surface area contributed by atoms with Crippen LogP contribution in [0.4, 0.5) is 8.78 Å². The van der Waals surface area contributed by atoms with Gasteiger partial charge in [0.1, 0.15) is 18.5 Å². The van der Waals surface area contributed by atoms with Gasteiger partial charge in [-0.05, 0) is 60.9 Å². The van der Waals surface area contributed by atoms with Gasteiger partial charge in [-0.3, -0.25) is 19.1 Å². The molecule has 3 N–H and O–H groups in total. The van der Waals surface area contributed by atoms with Gasteiger partial charge in [-0.15, -0.1) is 0 Å². The third-order valence-corrected chi connectivity index (χ3v) is 8.02. The SMILES string of the molecule is Cc1cc(=O)n(CC(=O)N[C@@H](CC2=CC(F)=CC(F)C2)c2ncccc2-c2cccc(S(N)(=O)=O)c2)c2ccccc12. The van der Waals surface area contributed by atoms with E-state index in [1.54, 1.807) is 30.3 Å². The van der Waals surface area contributed by atoms with Crippen molar-refractivity contribution in [3.8, 4) is 11.1 Å². The zero-order valence-electron chi connectivity index (χ0n) is 22.6. The molecular formula is C31H28F2N4O4S. The van der Waals surface area contributed by atoms with E-state index >= 15 is 0 Å². The highest BCUT2D eigenvalue weighted by atomic mass is 32.2. The lowest BCUT2D eigenvalue weighted by molar-refractivity contribution is -0.122. The van der Waals surface area contributed by atoms with Crippen LogP contribution in [0.25, 0.3) is 22.0 Å². The van der Waals surface area contributed by atoms with Crippen LogP contribution in [0.1, 0.15) is 30.1 Å². The number of nitrogens with zero attached hydrogens (tertiary/aromatic N) is 2. The van der Waals surface area contributed by atoms with Gasteiger partial charge in [-0.2, -0.15) is 0 Å². The molecule has 8 nitrogen and oxygen atoms in total. The van der Waals surface area contributed by atoms with Gasteiger partial charge in [0.25, 0.3) is 5.56 Å². The van der Waals surface area contributed by atoms with Gasteiger partial charge in [-0.1, -0.05) is 42.0 Å². The zero-order chi connectivity index (χ0) is 30.0. The second-order valence-corrected chi connectivity index (χ2v) is 11.7. The number of hydrogen-bond acceptors (Lipinski definition) is 5. The molecule has 1 aliphatic carbocycles. The van der Waals surface area contributed by atoms with Crippen molar-refractivity contribution in [1.29, 1.82) is 0 Å². The van der Waals surface area contributed by atoms with E-state index in [0.29, 0.717) is 27.9 Å². The summed E-state index contributed by atoms with van der Waals surface area (Å²) in [6.45, 7) is 1.51. The minimum absolute atomic E-state index is 0.0237. The lowest BCUT2D eigenvalue weighted by atomic mass is 9.91. The lowest BCUT2D eigenvalue weighted by Crippen LogP contribution is -2.35. The predicted octanol–water partition coefficient (Wildman–Crippen LogP) is 4.79. The van der Waals surface area contributed by atoms with Crippen LogP contribution in [-0.2, 0) is 21.4 Å². The molecule has 0 bridgehead atoms. The summed E-state index contributed by atoms with van der Waals surface area (Å²) >= 11 is 0. The topological polar surface area (TPSA) is 124 Å². The van der Waals surface area contributed by atoms with Gasteiger partial charge in [-0.25, -0.2) is 22.3 Å². The van der Waals surface area contributed by atoms with Crippen LogP contribution in [0.15, 0.2) is 106 Å². The third-order valence-electron chi connectivity index (χ3n) is 7.11. The highest BCUT2D eigenvalue weighted by molar-refractivity contribution is 7.89. The summed E-state index contributed by atoms with van der Waals surface area (Å²) in [4.78, 5) is 30.8. The van der Waals surface area contributed by atoms with Crippen molar-refractivity contribution in [2.75, 3.05) is 0 Å². The molecule has 0 fully saturated rings. The standard InChI is InChI=1S/C31H28F2N4O4S/c1-19-12-30(39)37(28-10-3-2-8-25(19)28)18-29(38)36-27(15-20-13-22(32)17-23(33)14-20)31-26(9-5-11-35-31)21-6-4-7-24(16-21)42(34,40)41/h2-13,16-17,23,27H,14-15,18H2,1H3,(H,36,38)(H2,34,40,41)/t23?,27-/m0/s1. The van der Waals surface area contributed by atoms with E-state index in [1.807, 2.05) is 19.1 Å². The fraction of sp³-hybridized carbons (Fsp3) is 0.194. The molecule has 216 valence electrons. The number of allylic oxidation sites excluding steroid dienone is 3. The maximum Gasteiger partial charge on any atom is 0.251 e. The molecule has 0 radical (unpaired) electrons. The summed E-state index contributed by atoms with van der Waals surface area (Å²) in [5, 5.41) is 9.08. The Balaban J connectivity index is 1.54.